The summed E-state index contributed by atoms with van der Waals surface area (Å²) in [6.07, 6.45) is 0. The van der Waals surface area contributed by atoms with Crippen LogP contribution >= 0.6 is 15.9 Å². The van der Waals surface area contributed by atoms with Crippen LogP contribution in [-0.4, -0.2) is 33.0 Å². The lowest BCUT2D eigenvalue weighted by atomic mass is 9.81. The van der Waals surface area contributed by atoms with Gasteiger partial charge >= 0.3 is 11.9 Å². The van der Waals surface area contributed by atoms with E-state index in [1.807, 2.05) is 0 Å². The Morgan fingerprint density at radius 1 is 1.12 bits per heavy atom. The molecule has 0 spiro atoms. The van der Waals surface area contributed by atoms with Crippen LogP contribution in [0.1, 0.15) is 11.5 Å². The maximum absolute atomic E-state index is 13.1. The van der Waals surface area contributed by atoms with Gasteiger partial charge in [0.05, 0.1) is 37.4 Å². The van der Waals surface area contributed by atoms with Crippen molar-refractivity contribution in [1.82, 2.24) is 0 Å². The SMILES string of the molecule is COC(=O)C1=C(C(=O)OC)N(c2c(Br)ccc3c2OCO3)C(N)=C(C#N)C1c1ccccc1. The molecule has 33 heavy (non-hydrogen) atoms. The van der Waals surface area contributed by atoms with Crippen molar-refractivity contribution in [3.8, 4) is 17.6 Å². The second-order valence-electron chi connectivity index (χ2n) is 6.97. The Balaban J connectivity index is 2.11. The van der Waals surface area contributed by atoms with Gasteiger partial charge in [-0.15, -0.1) is 0 Å². The number of nitrogens with zero attached hydrogens (tertiary/aromatic N) is 2. The second-order valence-corrected chi connectivity index (χ2v) is 7.82. The second kappa shape index (κ2) is 8.88. The number of nitrogens with two attached hydrogens (primary N) is 1. The van der Waals surface area contributed by atoms with Crippen molar-refractivity contribution >= 4 is 33.6 Å². The van der Waals surface area contributed by atoms with Gasteiger partial charge in [-0.05, 0) is 33.6 Å². The number of carbonyl (C=O) groups excluding carboxylic acids is 2. The van der Waals surface area contributed by atoms with Crippen molar-refractivity contribution in [2.45, 2.75) is 5.92 Å². The maximum atomic E-state index is 13.1. The number of ether oxygens (including phenoxy) is 4. The third-order valence-corrected chi connectivity index (χ3v) is 5.94. The zero-order valence-corrected chi connectivity index (χ0v) is 19.2. The Bertz CT molecular complexity index is 1250. The monoisotopic (exact) mass is 511 g/mol. The molecule has 2 heterocycles. The summed E-state index contributed by atoms with van der Waals surface area (Å²) in [7, 11) is 2.38. The Kier molecular flexibility index (Phi) is 5.98. The highest BCUT2D eigenvalue weighted by Gasteiger charge is 2.44. The first-order chi connectivity index (χ1) is 15.9. The van der Waals surface area contributed by atoms with E-state index < -0.39 is 17.9 Å². The lowest BCUT2D eigenvalue weighted by molar-refractivity contribution is -0.139. The average Bonchev–Trinajstić information content (AvgIpc) is 3.32. The van der Waals surface area contributed by atoms with E-state index in [9.17, 15) is 14.9 Å². The van der Waals surface area contributed by atoms with Gasteiger partial charge in [0.25, 0.3) is 0 Å². The highest BCUT2D eigenvalue weighted by atomic mass is 79.9. The number of benzene rings is 2. The summed E-state index contributed by atoms with van der Waals surface area (Å²) < 4.78 is 21.6. The molecule has 2 aliphatic heterocycles. The predicted molar refractivity (Wildman–Crippen MR) is 120 cm³/mol. The van der Waals surface area contributed by atoms with Gasteiger partial charge in [0.15, 0.2) is 11.5 Å². The first-order valence-corrected chi connectivity index (χ1v) is 10.5. The molecule has 1 unspecified atom stereocenters. The Hall–Kier alpha value is -3.97. The van der Waals surface area contributed by atoms with E-state index in [1.165, 1.54) is 19.1 Å². The van der Waals surface area contributed by atoms with Gasteiger partial charge in [-0.2, -0.15) is 5.26 Å². The molecule has 0 aliphatic carbocycles. The van der Waals surface area contributed by atoms with Crippen molar-refractivity contribution in [1.29, 1.82) is 5.26 Å². The molecule has 0 fully saturated rings. The zero-order chi connectivity index (χ0) is 23.7. The Labute approximate surface area is 197 Å². The predicted octanol–water partition coefficient (Wildman–Crippen LogP) is 3.08. The van der Waals surface area contributed by atoms with Gasteiger partial charge in [-0.1, -0.05) is 30.3 Å². The smallest absolute Gasteiger partial charge is 0.355 e. The maximum Gasteiger partial charge on any atom is 0.355 e. The standard InChI is InChI=1S/C23H18BrN3O6/c1-30-22(28)17-16(12-6-4-3-5-7-12)13(10-25)21(26)27(19(17)23(29)31-2)18-14(24)8-9-15-20(18)33-11-32-15/h3-9,16H,11,26H2,1-2H3. The summed E-state index contributed by atoms with van der Waals surface area (Å²) in [5.41, 5.74) is 7.14. The molecule has 9 nitrogen and oxygen atoms in total. The van der Waals surface area contributed by atoms with E-state index in [2.05, 4.69) is 22.0 Å². The fraction of sp³-hybridized carbons (Fsp3) is 0.174. The van der Waals surface area contributed by atoms with Crippen LogP contribution in [0, 0.1) is 11.3 Å². The van der Waals surface area contributed by atoms with Crippen LogP contribution in [0.15, 0.2) is 69.6 Å². The number of nitriles is 1. The first kappa shape index (κ1) is 22.2. The van der Waals surface area contributed by atoms with Gasteiger partial charge in [-0.25, -0.2) is 9.59 Å². The molecule has 0 saturated carbocycles. The van der Waals surface area contributed by atoms with Crippen molar-refractivity contribution in [2.75, 3.05) is 25.9 Å². The van der Waals surface area contributed by atoms with Crippen LogP contribution in [-0.2, 0) is 19.1 Å². The van der Waals surface area contributed by atoms with Crippen LogP contribution in [0.5, 0.6) is 11.5 Å². The lowest BCUT2D eigenvalue weighted by Crippen LogP contribution is -2.41. The topological polar surface area (TPSA) is 124 Å². The molecule has 0 saturated heterocycles. The minimum absolute atomic E-state index is 0.0465. The van der Waals surface area contributed by atoms with Crippen LogP contribution in [0.2, 0.25) is 0 Å². The molecule has 168 valence electrons. The summed E-state index contributed by atoms with van der Waals surface area (Å²) in [5.74, 6) is -1.98. The molecular formula is C23H18BrN3O6. The number of anilines is 1. The number of allylic oxidation sites excluding steroid dienone is 1. The van der Waals surface area contributed by atoms with Crippen molar-refractivity contribution in [2.24, 2.45) is 5.73 Å². The molecule has 1 atom stereocenters. The van der Waals surface area contributed by atoms with Gasteiger partial charge in [0.1, 0.15) is 17.2 Å². The molecule has 2 aromatic rings. The van der Waals surface area contributed by atoms with Crippen molar-refractivity contribution in [3.05, 3.63) is 75.2 Å². The van der Waals surface area contributed by atoms with Crippen LogP contribution in [0.3, 0.4) is 0 Å². The minimum atomic E-state index is -0.957. The third kappa shape index (κ3) is 3.56. The van der Waals surface area contributed by atoms with E-state index in [-0.39, 0.29) is 40.9 Å². The summed E-state index contributed by atoms with van der Waals surface area (Å²) in [5, 5.41) is 10.1. The fourth-order valence-electron chi connectivity index (χ4n) is 3.89. The summed E-state index contributed by atoms with van der Waals surface area (Å²) in [6, 6.07) is 14.2. The molecule has 2 aromatic carbocycles. The molecule has 0 amide bonds. The highest BCUT2D eigenvalue weighted by molar-refractivity contribution is 9.10. The third-order valence-electron chi connectivity index (χ3n) is 5.30. The molecule has 0 radical (unpaired) electrons. The summed E-state index contributed by atoms with van der Waals surface area (Å²) in [6.45, 7) is -0.0465. The summed E-state index contributed by atoms with van der Waals surface area (Å²) >= 11 is 3.46. The molecule has 0 aromatic heterocycles. The number of carbonyl (C=O) groups is 2. The van der Waals surface area contributed by atoms with E-state index in [0.29, 0.717) is 15.8 Å². The number of hydrogen-bond acceptors (Lipinski definition) is 9. The van der Waals surface area contributed by atoms with Crippen LogP contribution in [0.4, 0.5) is 5.69 Å². The number of fused-ring (bicyclic) bond motifs is 1. The molecule has 2 N–H and O–H groups in total. The normalized spacial score (nSPS) is 17.0. The van der Waals surface area contributed by atoms with E-state index in [4.69, 9.17) is 24.7 Å². The highest BCUT2D eigenvalue weighted by Crippen LogP contribution is 2.51. The molecule has 4 rings (SSSR count). The minimum Gasteiger partial charge on any atom is -0.466 e. The number of halogens is 1. The Morgan fingerprint density at radius 3 is 2.45 bits per heavy atom. The van der Waals surface area contributed by atoms with E-state index >= 15 is 0 Å². The van der Waals surface area contributed by atoms with Gasteiger partial charge in [0.2, 0.25) is 6.79 Å². The average molecular weight is 512 g/mol. The number of esters is 2. The fourth-order valence-corrected chi connectivity index (χ4v) is 4.38. The lowest BCUT2D eigenvalue weighted by Gasteiger charge is -2.36. The van der Waals surface area contributed by atoms with Gasteiger partial charge in [-0.3, -0.25) is 4.90 Å². The van der Waals surface area contributed by atoms with E-state index in [0.717, 1.165) is 0 Å². The van der Waals surface area contributed by atoms with Crippen LogP contribution in [0.25, 0.3) is 0 Å². The van der Waals surface area contributed by atoms with Gasteiger partial charge < -0.3 is 24.7 Å². The zero-order valence-electron chi connectivity index (χ0n) is 17.6. The molecular weight excluding hydrogens is 494 g/mol. The number of methoxy groups -OCH3 is 2. The van der Waals surface area contributed by atoms with E-state index in [1.54, 1.807) is 42.5 Å². The Morgan fingerprint density at radius 2 is 1.82 bits per heavy atom. The van der Waals surface area contributed by atoms with Gasteiger partial charge in [0, 0.05) is 4.47 Å². The molecule has 0 bridgehead atoms. The number of rotatable bonds is 4. The first-order valence-electron chi connectivity index (χ1n) is 9.68. The summed E-state index contributed by atoms with van der Waals surface area (Å²) in [4.78, 5) is 27.5. The van der Waals surface area contributed by atoms with Crippen molar-refractivity contribution < 1.29 is 28.5 Å². The van der Waals surface area contributed by atoms with Crippen molar-refractivity contribution in [3.63, 3.8) is 0 Å². The molecule has 10 heteroatoms. The molecule has 2 aliphatic rings. The largest absolute Gasteiger partial charge is 0.466 e. The quantitative estimate of drug-likeness (QED) is 0.616. The van der Waals surface area contributed by atoms with Crippen LogP contribution < -0.4 is 20.1 Å². The number of hydrogen-bond donors (Lipinski definition) is 1.